The van der Waals surface area contributed by atoms with Crippen molar-refractivity contribution in [2.45, 2.75) is 72.6 Å². The molecule has 0 amide bonds. The summed E-state index contributed by atoms with van der Waals surface area (Å²) in [5, 5.41) is 0. The predicted molar refractivity (Wildman–Crippen MR) is 74.3 cm³/mol. The highest BCUT2D eigenvalue weighted by Gasteiger charge is 2.62. The van der Waals surface area contributed by atoms with E-state index in [0.29, 0.717) is 16.6 Å². The van der Waals surface area contributed by atoms with Crippen LogP contribution in [-0.2, 0) is 4.79 Å². The average Bonchev–Trinajstić information content (AvgIpc) is 2.22. The van der Waals surface area contributed by atoms with Crippen molar-refractivity contribution >= 4 is 5.78 Å². The van der Waals surface area contributed by atoms with Crippen LogP contribution in [0.1, 0.15) is 72.6 Å². The molecule has 4 fully saturated rings. The minimum atomic E-state index is 0.0678. The van der Waals surface area contributed by atoms with Gasteiger partial charge in [0.05, 0.1) is 0 Å². The lowest BCUT2D eigenvalue weighted by atomic mass is 9.39. The van der Waals surface area contributed by atoms with Crippen LogP contribution in [-0.4, -0.2) is 5.78 Å². The van der Waals surface area contributed by atoms with Crippen LogP contribution in [0.15, 0.2) is 0 Å². The summed E-state index contributed by atoms with van der Waals surface area (Å²) in [5.41, 5.74) is 1.01. The molecule has 0 spiro atoms. The molecule has 18 heavy (non-hydrogen) atoms. The van der Waals surface area contributed by atoms with E-state index in [4.69, 9.17) is 0 Å². The second-order valence-electron chi connectivity index (χ2n) is 8.58. The topological polar surface area (TPSA) is 17.1 Å². The van der Waals surface area contributed by atoms with E-state index < -0.39 is 0 Å². The number of carbonyl (C=O) groups excluding carboxylic acids is 1. The highest BCUT2D eigenvalue weighted by atomic mass is 16.1. The molecule has 0 aromatic carbocycles. The molecule has 3 atom stereocenters. The second kappa shape index (κ2) is 3.61. The molecule has 0 aliphatic heterocycles. The number of Topliss-reactive ketones (excluding diaryl/α,β-unsaturated/α-hetero) is 1. The van der Waals surface area contributed by atoms with Gasteiger partial charge in [0, 0.05) is 11.3 Å². The molecule has 102 valence electrons. The Balaban J connectivity index is 1.96. The monoisotopic (exact) mass is 248 g/mol. The predicted octanol–water partition coefficient (Wildman–Crippen LogP) is 4.60. The number of hydrogen-bond acceptors (Lipinski definition) is 1. The van der Waals surface area contributed by atoms with Gasteiger partial charge in [0.25, 0.3) is 0 Å². The van der Waals surface area contributed by atoms with E-state index in [1.807, 2.05) is 0 Å². The number of ketones is 1. The van der Waals surface area contributed by atoms with Gasteiger partial charge in [-0.3, -0.25) is 4.79 Å². The summed E-state index contributed by atoms with van der Waals surface area (Å²) in [6, 6.07) is 0. The molecule has 0 saturated heterocycles. The molecule has 1 nitrogen and oxygen atoms in total. The first-order chi connectivity index (χ1) is 8.30. The summed E-state index contributed by atoms with van der Waals surface area (Å²) >= 11 is 0. The van der Waals surface area contributed by atoms with Crippen molar-refractivity contribution in [3.05, 3.63) is 0 Å². The third kappa shape index (κ3) is 1.69. The van der Waals surface area contributed by atoms with Gasteiger partial charge < -0.3 is 0 Å². The van der Waals surface area contributed by atoms with Gasteiger partial charge >= 0.3 is 0 Å². The maximum atomic E-state index is 12.9. The molecule has 3 unspecified atom stereocenters. The zero-order chi connectivity index (χ0) is 13.2. The number of carbonyl (C=O) groups is 1. The second-order valence-corrected chi connectivity index (χ2v) is 8.58. The highest BCUT2D eigenvalue weighted by molar-refractivity contribution is 5.87. The van der Waals surface area contributed by atoms with Crippen LogP contribution >= 0.6 is 0 Å². The van der Waals surface area contributed by atoms with Crippen molar-refractivity contribution < 1.29 is 4.79 Å². The van der Waals surface area contributed by atoms with Gasteiger partial charge in [-0.15, -0.1) is 0 Å². The lowest BCUT2D eigenvalue weighted by Gasteiger charge is -2.65. The Kier molecular flexibility index (Phi) is 2.55. The van der Waals surface area contributed by atoms with Crippen molar-refractivity contribution in [1.82, 2.24) is 0 Å². The normalized spacial score (nSPS) is 51.4. The molecule has 0 heterocycles. The molecule has 0 N–H and O–H groups in total. The zero-order valence-corrected chi connectivity index (χ0v) is 12.5. The van der Waals surface area contributed by atoms with Crippen LogP contribution in [0.3, 0.4) is 0 Å². The summed E-state index contributed by atoms with van der Waals surface area (Å²) in [6.45, 7) is 9.21. The maximum Gasteiger partial charge on any atom is 0.141 e. The Hall–Kier alpha value is -0.330. The van der Waals surface area contributed by atoms with Crippen LogP contribution in [0, 0.1) is 28.1 Å². The van der Waals surface area contributed by atoms with Crippen LogP contribution < -0.4 is 0 Å². The van der Waals surface area contributed by atoms with Crippen molar-refractivity contribution in [3.63, 3.8) is 0 Å². The SMILES string of the molecule is CCC(C)C(=O)C12CC3CC(C)(CC(C)(C3)C1)C2. The third-order valence-electron chi connectivity index (χ3n) is 6.21. The van der Waals surface area contributed by atoms with E-state index in [2.05, 4.69) is 27.7 Å². The van der Waals surface area contributed by atoms with Gasteiger partial charge in [-0.25, -0.2) is 0 Å². The van der Waals surface area contributed by atoms with Crippen molar-refractivity contribution in [3.8, 4) is 0 Å². The molecular formula is C17H28O. The van der Waals surface area contributed by atoms with Gasteiger partial charge in [-0.05, 0) is 61.7 Å². The van der Waals surface area contributed by atoms with E-state index >= 15 is 0 Å². The molecule has 4 saturated carbocycles. The van der Waals surface area contributed by atoms with E-state index in [-0.39, 0.29) is 11.3 Å². The average molecular weight is 248 g/mol. The van der Waals surface area contributed by atoms with Crippen LogP contribution in [0.25, 0.3) is 0 Å². The van der Waals surface area contributed by atoms with Crippen LogP contribution in [0.5, 0.6) is 0 Å². The summed E-state index contributed by atoms with van der Waals surface area (Å²) in [4.78, 5) is 12.9. The molecule has 4 aliphatic carbocycles. The Bertz CT molecular complexity index is 365. The Morgan fingerprint density at radius 3 is 2.11 bits per heavy atom. The lowest BCUT2D eigenvalue weighted by molar-refractivity contribution is -0.171. The van der Waals surface area contributed by atoms with Gasteiger partial charge in [0.2, 0.25) is 0 Å². The van der Waals surface area contributed by atoms with E-state index in [0.717, 1.165) is 12.3 Å². The van der Waals surface area contributed by atoms with E-state index in [9.17, 15) is 4.79 Å². The summed E-state index contributed by atoms with van der Waals surface area (Å²) in [6.07, 6.45) is 8.74. The Morgan fingerprint density at radius 1 is 1.11 bits per heavy atom. The molecule has 0 radical (unpaired) electrons. The molecule has 4 bridgehead atoms. The third-order valence-corrected chi connectivity index (χ3v) is 6.21. The largest absolute Gasteiger partial charge is 0.299 e. The minimum absolute atomic E-state index is 0.0678. The fourth-order valence-corrected chi connectivity index (χ4v) is 6.43. The number of rotatable bonds is 3. The maximum absolute atomic E-state index is 12.9. The molecular weight excluding hydrogens is 220 g/mol. The van der Waals surface area contributed by atoms with Crippen molar-refractivity contribution in [2.75, 3.05) is 0 Å². The Morgan fingerprint density at radius 2 is 1.67 bits per heavy atom. The van der Waals surface area contributed by atoms with Crippen molar-refractivity contribution in [2.24, 2.45) is 28.1 Å². The molecule has 1 heteroatoms. The fraction of sp³-hybridized carbons (Fsp3) is 0.941. The Labute approximate surface area is 112 Å². The van der Waals surface area contributed by atoms with Gasteiger partial charge in [-0.1, -0.05) is 27.7 Å². The zero-order valence-electron chi connectivity index (χ0n) is 12.5. The van der Waals surface area contributed by atoms with Gasteiger partial charge in [0.15, 0.2) is 0 Å². The van der Waals surface area contributed by atoms with Gasteiger partial charge in [0.1, 0.15) is 5.78 Å². The highest BCUT2D eigenvalue weighted by Crippen LogP contribution is 2.70. The minimum Gasteiger partial charge on any atom is -0.299 e. The first-order valence-electron chi connectivity index (χ1n) is 7.84. The molecule has 4 aliphatic rings. The number of hydrogen-bond donors (Lipinski definition) is 0. The van der Waals surface area contributed by atoms with E-state index in [1.54, 1.807) is 0 Å². The van der Waals surface area contributed by atoms with Crippen molar-refractivity contribution in [1.29, 1.82) is 0 Å². The molecule has 0 aromatic heterocycles. The smallest absolute Gasteiger partial charge is 0.141 e. The quantitative estimate of drug-likeness (QED) is 0.713. The summed E-state index contributed by atoms with van der Waals surface area (Å²) in [7, 11) is 0. The van der Waals surface area contributed by atoms with Crippen LogP contribution in [0.4, 0.5) is 0 Å². The van der Waals surface area contributed by atoms with Crippen LogP contribution in [0.2, 0.25) is 0 Å². The first-order valence-corrected chi connectivity index (χ1v) is 7.84. The summed E-state index contributed by atoms with van der Waals surface area (Å²) < 4.78 is 0. The van der Waals surface area contributed by atoms with Gasteiger partial charge in [-0.2, -0.15) is 0 Å². The van der Waals surface area contributed by atoms with E-state index in [1.165, 1.54) is 38.5 Å². The first kappa shape index (κ1) is 12.7. The summed E-state index contributed by atoms with van der Waals surface area (Å²) in [5.74, 6) is 1.71. The lowest BCUT2D eigenvalue weighted by Crippen LogP contribution is -2.58. The molecule has 4 rings (SSSR count). The molecule has 0 aromatic rings. The fourth-order valence-electron chi connectivity index (χ4n) is 6.43. The standard InChI is InChI=1S/C17H28O/c1-5-12(2)14(18)17-8-13-6-15(3,10-17)9-16(4,7-13)11-17/h12-13H,5-11H2,1-4H3.